The van der Waals surface area contributed by atoms with Crippen LogP contribution >= 0.6 is 0 Å². The fourth-order valence-corrected chi connectivity index (χ4v) is 2.73. The number of hydrogen-bond acceptors (Lipinski definition) is 4. The van der Waals surface area contributed by atoms with Gasteiger partial charge in [0.1, 0.15) is 11.5 Å². The lowest BCUT2D eigenvalue weighted by Gasteiger charge is -2.26. The summed E-state index contributed by atoms with van der Waals surface area (Å²) in [5.41, 5.74) is 3.47. The van der Waals surface area contributed by atoms with Gasteiger partial charge in [0.05, 0.1) is 5.69 Å². The van der Waals surface area contributed by atoms with Gasteiger partial charge in [-0.05, 0) is 49.4 Å². The highest BCUT2D eigenvalue weighted by atomic mass is 16.5. The zero-order chi connectivity index (χ0) is 13.2. The number of rotatable bonds is 3. The third-order valence-corrected chi connectivity index (χ3v) is 3.65. The number of phenols is 1. The molecule has 1 aromatic carbocycles. The molecule has 2 N–H and O–H groups in total. The fraction of sp³-hybridized carbons (Fsp3) is 0.400. The van der Waals surface area contributed by atoms with Crippen LogP contribution in [0.4, 0.5) is 0 Å². The van der Waals surface area contributed by atoms with Crippen molar-refractivity contribution < 1.29 is 9.63 Å². The topological polar surface area (TPSA) is 58.3 Å². The Bertz CT molecular complexity index is 577. The lowest BCUT2D eigenvalue weighted by molar-refractivity contribution is 0.381. The maximum Gasteiger partial charge on any atom is 0.133 e. The van der Waals surface area contributed by atoms with Crippen LogP contribution in [0.3, 0.4) is 0 Å². The highest BCUT2D eigenvalue weighted by Crippen LogP contribution is 2.32. The predicted molar refractivity (Wildman–Crippen MR) is 71.9 cm³/mol. The Labute approximate surface area is 112 Å². The molecule has 4 heteroatoms. The SMILES string of the molecule is Cc1cc(CNC2CCCc3ccc(O)cc32)no1. The molecule has 0 saturated carbocycles. The monoisotopic (exact) mass is 258 g/mol. The number of fused-ring (bicyclic) bond motifs is 1. The molecule has 0 aliphatic heterocycles. The van der Waals surface area contributed by atoms with Crippen LogP contribution in [0.2, 0.25) is 0 Å². The summed E-state index contributed by atoms with van der Waals surface area (Å²) in [5, 5.41) is 17.1. The van der Waals surface area contributed by atoms with E-state index in [0.29, 0.717) is 12.3 Å². The first-order valence-corrected chi connectivity index (χ1v) is 6.70. The standard InChI is InChI=1S/C15H18N2O2/c1-10-7-12(17-19-10)9-16-15-4-2-3-11-5-6-13(18)8-14(11)15/h5-8,15-16,18H,2-4,9H2,1H3. The van der Waals surface area contributed by atoms with Gasteiger partial charge in [-0.25, -0.2) is 0 Å². The van der Waals surface area contributed by atoms with Crippen molar-refractivity contribution in [3.8, 4) is 5.75 Å². The van der Waals surface area contributed by atoms with Gasteiger partial charge in [0.25, 0.3) is 0 Å². The van der Waals surface area contributed by atoms with Crippen LogP contribution in [0.5, 0.6) is 5.75 Å². The summed E-state index contributed by atoms with van der Waals surface area (Å²) < 4.78 is 5.06. The number of aryl methyl sites for hydroxylation is 2. The van der Waals surface area contributed by atoms with Gasteiger partial charge in [-0.2, -0.15) is 0 Å². The quantitative estimate of drug-likeness (QED) is 0.888. The number of nitrogens with zero attached hydrogens (tertiary/aromatic N) is 1. The van der Waals surface area contributed by atoms with E-state index in [9.17, 15) is 5.11 Å². The maximum atomic E-state index is 9.64. The minimum absolute atomic E-state index is 0.285. The average Bonchev–Trinajstić information content (AvgIpc) is 2.82. The smallest absolute Gasteiger partial charge is 0.133 e. The third kappa shape index (κ3) is 2.63. The van der Waals surface area contributed by atoms with Gasteiger partial charge in [-0.1, -0.05) is 11.2 Å². The van der Waals surface area contributed by atoms with E-state index in [1.54, 1.807) is 6.07 Å². The van der Waals surface area contributed by atoms with Gasteiger partial charge in [0, 0.05) is 18.7 Å². The molecule has 1 unspecified atom stereocenters. The molecular weight excluding hydrogens is 240 g/mol. The van der Waals surface area contributed by atoms with Crippen molar-refractivity contribution >= 4 is 0 Å². The zero-order valence-electron chi connectivity index (χ0n) is 11.0. The lowest BCUT2D eigenvalue weighted by Crippen LogP contribution is -2.24. The lowest BCUT2D eigenvalue weighted by atomic mass is 9.87. The molecule has 100 valence electrons. The van der Waals surface area contributed by atoms with Crippen molar-refractivity contribution in [3.63, 3.8) is 0 Å². The Balaban J connectivity index is 1.74. The van der Waals surface area contributed by atoms with E-state index >= 15 is 0 Å². The molecule has 0 fully saturated rings. The Morgan fingerprint density at radius 2 is 2.32 bits per heavy atom. The Kier molecular flexibility index (Phi) is 3.25. The van der Waals surface area contributed by atoms with Crippen molar-refractivity contribution in [1.29, 1.82) is 0 Å². The minimum atomic E-state index is 0.285. The Hall–Kier alpha value is -1.81. The van der Waals surface area contributed by atoms with Crippen LogP contribution in [0.1, 0.15) is 41.5 Å². The summed E-state index contributed by atoms with van der Waals surface area (Å²) >= 11 is 0. The van der Waals surface area contributed by atoms with Crippen LogP contribution in [0.15, 0.2) is 28.8 Å². The summed E-state index contributed by atoms with van der Waals surface area (Å²) in [7, 11) is 0. The maximum absolute atomic E-state index is 9.64. The first kappa shape index (κ1) is 12.2. The number of aromatic nitrogens is 1. The largest absolute Gasteiger partial charge is 0.508 e. The molecule has 3 rings (SSSR count). The van der Waals surface area contributed by atoms with E-state index in [4.69, 9.17) is 4.52 Å². The van der Waals surface area contributed by atoms with Crippen LogP contribution < -0.4 is 5.32 Å². The molecule has 1 heterocycles. The molecule has 0 radical (unpaired) electrons. The molecule has 4 nitrogen and oxygen atoms in total. The highest BCUT2D eigenvalue weighted by Gasteiger charge is 2.20. The van der Waals surface area contributed by atoms with Crippen molar-refractivity contribution in [2.24, 2.45) is 0 Å². The number of nitrogens with one attached hydrogen (secondary N) is 1. The second kappa shape index (κ2) is 5.05. The third-order valence-electron chi connectivity index (χ3n) is 3.65. The van der Waals surface area contributed by atoms with Crippen LogP contribution in [-0.4, -0.2) is 10.3 Å². The molecule has 19 heavy (non-hydrogen) atoms. The number of aromatic hydroxyl groups is 1. The average molecular weight is 258 g/mol. The Morgan fingerprint density at radius 1 is 1.42 bits per heavy atom. The second-order valence-corrected chi connectivity index (χ2v) is 5.14. The first-order valence-electron chi connectivity index (χ1n) is 6.70. The van der Waals surface area contributed by atoms with Gasteiger partial charge >= 0.3 is 0 Å². The van der Waals surface area contributed by atoms with E-state index in [0.717, 1.165) is 24.3 Å². The molecule has 0 amide bonds. The van der Waals surface area contributed by atoms with Crippen molar-refractivity contribution in [3.05, 3.63) is 46.8 Å². The number of phenolic OH excluding ortho intramolecular Hbond substituents is 1. The van der Waals surface area contributed by atoms with Crippen LogP contribution in [0, 0.1) is 6.92 Å². The molecular formula is C15H18N2O2. The Morgan fingerprint density at radius 3 is 3.11 bits per heavy atom. The predicted octanol–water partition coefficient (Wildman–Crippen LogP) is 2.86. The molecule has 0 saturated heterocycles. The van der Waals surface area contributed by atoms with E-state index in [2.05, 4.69) is 10.5 Å². The van der Waals surface area contributed by atoms with Crippen molar-refractivity contribution in [2.45, 2.75) is 38.8 Å². The van der Waals surface area contributed by atoms with Gasteiger partial charge in [-0.15, -0.1) is 0 Å². The molecule has 1 aliphatic carbocycles. The molecule has 2 aromatic rings. The second-order valence-electron chi connectivity index (χ2n) is 5.14. The minimum Gasteiger partial charge on any atom is -0.508 e. The molecule has 0 spiro atoms. The molecule has 0 bridgehead atoms. The van der Waals surface area contributed by atoms with Crippen molar-refractivity contribution in [1.82, 2.24) is 10.5 Å². The fourth-order valence-electron chi connectivity index (χ4n) is 2.73. The molecule has 1 aromatic heterocycles. The van der Waals surface area contributed by atoms with Gasteiger partial charge in [-0.3, -0.25) is 0 Å². The van der Waals surface area contributed by atoms with E-state index < -0.39 is 0 Å². The summed E-state index contributed by atoms with van der Waals surface area (Å²) in [6.45, 7) is 2.58. The van der Waals surface area contributed by atoms with Gasteiger partial charge < -0.3 is 14.9 Å². The van der Waals surface area contributed by atoms with Crippen molar-refractivity contribution in [2.75, 3.05) is 0 Å². The van der Waals surface area contributed by atoms with Gasteiger partial charge in [0.15, 0.2) is 0 Å². The summed E-state index contributed by atoms with van der Waals surface area (Å²) in [4.78, 5) is 0. The first-order chi connectivity index (χ1) is 9.22. The summed E-state index contributed by atoms with van der Waals surface area (Å²) in [5.74, 6) is 1.17. The van der Waals surface area contributed by atoms with Crippen LogP contribution in [-0.2, 0) is 13.0 Å². The van der Waals surface area contributed by atoms with Crippen LogP contribution in [0.25, 0.3) is 0 Å². The summed E-state index contributed by atoms with van der Waals surface area (Å²) in [6.07, 6.45) is 3.36. The highest BCUT2D eigenvalue weighted by molar-refractivity contribution is 5.38. The summed E-state index contributed by atoms with van der Waals surface area (Å²) in [6, 6.07) is 7.90. The van der Waals surface area contributed by atoms with Gasteiger partial charge in [0.2, 0.25) is 0 Å². The normalized spacial score (nSPS) is 18.3. The van der Waals surface area contributed by atoms with E-state index in [-0.39, 0.29) is 6.04 Å². The van der Waals surface area contributed by atoms with E-state index in [1.165, 1.54) is 17.5 Å². The molecule has 1 atom stereocenters. The number of hydrogen-bond donors (Lipinski definition) is 2. The van der Waals surface area contributed by atoms with E-state index in [1.807, 2.05) is 25.1 Å². The zero-order valence-corrected chi connectivity index (χ0v) is 11.0. The molecule has 1 aliphatic rings. The number of benzene rings is 1.